The highest BCUT2D eigenvalue weighted by Gasteiger charge is 2.15. The third-order valence-electron chi connectivity index (χ3n) is 1.89. The van der Waals surface area contributed by atoms with E-state index in [1.165, 1.54) is 0 Å². The van der Waals surface area contributed by atoms with Crippen LogP contribution in [0.15, 0.2) is 17.3 Å². The number of hydrogen-bond acceptors (Lipinski definition) is 2. The maximum atomic E-state index is 11.3. The first-order valence-corrected chi connectivity index (χ1v) is 4.06. The molecule has 0 saturated carbocycles. The van der Waals surface area contributed by atoms with Gasteiger partial charge in [-0.15, -0.1) is 0 Å². The summed E-state index contributed by atoms with van der Waals surface area (Å²) in [7, 11) is 0. The minimum Gasteiger partial charge on any atom is -0.299 e. The van der Waals surface area contributed by atoms with Crippen molar-refractivity contribution in [1.29, 1.82) is 0 Å². The van der Waals surface area contributed by atoms with Crippen molar-refractivity contribution in [2.45, 2.75) is 31.7 Å². The lowest BCUT2D eigenvalue weighted by molar-refractivity contribution is -0.120. The monoisotopic (exact) mass is 165 g/mol. The lowest BCUT2D eigenvalue weighted by Gasteiger charge is -2.09. The fourth-order valence-corrected chi connectivity index (χ4v) is 1.23. The largest absolute Gasteiger partial charge is 0.299 e. The lowest BCUT2D eigenvalue weighted by atomic mass is 10.0. The van der Waals surface area contributed by atoms with Gasteiger partial charge in [0.15, 0.2) is 0 Å². The van der Waals surface area contributed by atoms with E-state index in [1.54, 1.807) is 0 Å². The van der Waals surface area contributed by atoms with E-state index in [0.29, 0.717) is 12.8 Å². The number of ketones is 1. The number of carbonyl (C=O) groups is 1. The molecule has 1 atom stereocenters. The molecule has 0 spiro atoms. The molecule has 1 aliphatic rings. The van der Waals surface area contributed by atoms with Crippen LogP contribution in [0.2, 0.25) is 0 Å². The summed E-state index contributed by atoms with van der Waals surface area (Å²) in [5.41, 5.74) is 8.19. The predicted octanol–water partition coefficient (Wildman–Crippen LogP) is 2.36. The molecule has 4 heteroatoms. The van der Waals surface area contributed by atoms with Gasteiger partial charge in [-0.25, -0.2) is 0 Å². The first kappa shape index (κ1) is 8.81. The Bertz CT molecular complexity index is 241. The van der Waals surface area contributed by atoms with E-state index in [2.05, 4.69) is 10.0 Å². The summed E-state index contributed by atoms with van der Waals surface area (Å²) in [5.74, 6) is 0.0668. The molecule has 1 unspecified atom stereocenters. The molecular formula is C8H11N3O. The molecule has 0 fully saturated rings. The predicted molar refractivity (Wildman–Crippen MR) is 45.5 cm³/mol. The molecular weight excluding hydrogens is 154 g/mol. The van der Waals surface area contributed by atoms with Crippen molar-refractivity contribution >= 4 is 5.78 Å². The summed E-state index contributed by atoms with van der Waals surface area (Å²) < 4.78 is 0. The zero-order valence-electron chi connectivity index (χ0n) is 6.81. The molecule has 0 saturated heterocycles. The quantitative estimate of drug-likeness (QED) is 0.254. The Balaban J connectivity index is 2.64. The minimum absolute atomic E-state index is 0.0668. The maximum Gasteiger partial charge on any atom is 0.142 e. The van der Waals surface area contributed by atoms with Gasteiger partial charge in [-0.05, 0) is 24.8 Å². The van der Waals surface area contributed by atoms with Crippen molar-refractivity contribution in [3.63, 3.8) is 0 Å². The van der Waals surface area contributed by atoms with Crippen molar-refractivity contribution in [3.05, 3.63) is 22.6 Å². The van der Waals surface area contributed by atoms with Gasteiger partial charge in [0.05, 0.1) is 6.04 Å². The summed E-state index contributed by atoms with van der Waals surface area (Å²) in [4.78, 5) is 13.9. The summed E-state index contributed by atoms with van der Waals surface area (Å²) >= 11 is 0. The van der Waals surface area contributed by atoms with Crippen molar-refractivity contribution in [3.8, 4) is 0 Å². The average Bonchev–Trinajstić information content (AvgIpc) is 2.05. The van der Waals surface area contributed by atoms with E-state index in [1.807, 2.05) is 12.2 Å². The molecule has 12 heavy (non-hydrogen) atoms. The van der Waals surface area contributed by atoms with Crippen LogP contribution in [-0.2, 0) is 4.79 Å². The molecule has 1 rings (SSSR count). The molecule has 0 aromatic carbocycles. The number of nitrogens with zero attached hydrogens (tertiary/aromatic N) is 3. The number of rotatable bonds is 1. The molecule has 0 heterocycles. The number of carbonyl (C=O) groups excluding carboxylic acids is 1. The Morgan fingerprint density at radius 2 is 2.25 bits per heavy atom. The van der Waals surface area contributed by atoms with Crippen molar-refractivity contribution in [2.75, 3.05) is 0 Å². The molecule has 1 aliphatic carbocycles. The fraction of sp³-hybridized carbons (Fsp3) is 0.625. The van der Waals surface area contributed by atoms with E-state index < -0.39 is 6.04 Å². The molecule has 0 aliphatic heterocycles. The maximum absolute atomic E-state index is 11.3. The molecule has 0 aromatic heterocycles. The van der Waals surface area contributed by atoms with Crippen molar-refractivity contribution in [1.82, 2.24) is 0 Å². The molecule has 0 aromatic rings. The van der Waals surface area contributed by atoms with Crippen LogP contribution < -0.4 is 0 Å². The summed E-state index contributed by atoms with van der Waals surface area (Å²) in [6, 6.07) is -0.431. The third kappa shape index (κ3) is 2.40. The van der Waals surface area contributed by atoms with E-state index in [-0.39, 0.29) is 5.78 Å². The fourth-order valence-electron chi connectivity index (χ4n) is 1.23. The Morgan fingerprint density at radius 1 is 1.50 bits per heavy atom. The standard InChI is InChI=1S/C8H11N3O/c9-11-10-7-5-3-1-2-4-6-8(7)12/h1-2,7H,3-6H2/b2-1-. The summed E-state index contributed by atoms with van der Waals surface area (Å²) in [6.45, 7) is 0. The van der Waals surface area contributed by atoms with Crippen LogP contribution in [0, 0.1) is 0 Å². The Labute approximate surface area is 70.9 Å². The van der Waals surface area contributed by atoms with Crippen LogP contribution in [0.4, 0.5) is 0 Å². The van der Waals surface area contributed by atoms with Gasteiger partial charge in [0, 0.05) is 11.3 Å². The van der Waals surface area contributed by atoms with E-state index in [0.717, 1.165) is 12.8 Å². The Morgan fingerprint density at radius 3 is 3.00 bits per heavy atom. The van der Waals surface area contributed by atoms with Gasteiger partial charge >= 0.3 is 0 Å². The second kappa shape index (κ2) is 4.57. The molecule has 0 bridgehead atoms. The molecule has 0 radical (unpaired) electrons. The highest BCUT2D eigenvalue weighted by molar-refractivity contribution is 5.84. The van der Waals surface area contributed by atoms with E-state index in [9.17, 15) is 4.79 Å². The summed E-state index contributed by atoms with van der Waals surface area (Å²) in [6.07, 6.45) is 6.79. The van der Waals surface area contributed by atoms with Gasteiger partial charge < -0.3 is 0 Å². The van der Waals surface area contributed by atoms with Crippen LogP contribution in [-0.4, -0.2) is 11.8 Å². The van der Waals surface area contributed by atoms with Crippen LogP contribution in [0.5, 0.6) is 0 Å². The number of hydrogen-bond donors (Lipinski definition) is 0. The minimum atomic E-state index is -0.431. The molecule has 0 N–H and O–H groups in total. The number of azide groups is 1. The topological polar surface area (TPSA) is 65.8 Å². The van der Waals surface area contributed by atoms with Gasteiger partial charge in [-0.2, -0.15) is 0 Å². The highest BCUT2D eigenvalue weighted by atomic mass is 16.1. The van der Waals surface area contributed by atoms with Crippen LogP contribution in [0.25, 0.3) is 10.4 Å². The Hall–Kier alpha value is -1.28. The molecule has 64 valence electrons. The van der Waals surface area contributed by atoms with Gasteiger partial charge in [-0.3, -0.25) is 4.79 Å². The number of allylic oxidation sites excluding steroid dienone is 2. The van der Waals surface area contributed by atoms with Gasteiger partial charge in [0.2, 0.25) is 0 Å². The highest BCUT2D eigenvalue weighted by Crippen LogP contribution is 2.12. The third-order valence-corrected chi connectivity index (χ3v) is 1.89. The number of Topliss-reactive ketones (excluding diaryl/α,β-unsaturated/α-hetero) is 1. The van der Waals surface area contributed by atoms with Gasteiger partial charge in [0.25, 0.3) is 0 Å². The van der Waals surface area contributed by atoms with Gasteiger partial charge in [0.1, 0.15) is 5.78 Å². The summed E-state index contributed by atoms with van der Waals surface area (Å²) in [5, 5.41) is 3.46. The van der Waals surface area contributed by atoms with Gasteiger partial charge in [-0.1, -0.05) is 17.3 Å². The normalized spacial score (nSPS) is 26.7. The SMILES string of the molecule is [N-]=[N+]=NC1CC/C=C\CCC1=O. The molecule has 4 nitrogen and oxygen atoms in total. The smallest absolute Gasteiger partial charge is 0.142 e. The van der Waals surface area contributed by atoms with Crippen LogP contribution in [0.1, 0.15) is 25.7 Å². The first-order chi connectivity index (χ1) is 5.84. The lowest BCUT2D eigenvalue weighted by Crippen LogP contribution is -2.18. The second-order valence-corrected chi connectivity index (χ2v) is 2.77. The zero-order chi connectivity index (χ0) is 8.81. The Kier molecular flexibility index (Phi) is 3.35. The van der Waals surface area contributed by atoms with Crippen molar-refractivity contribution in [2.24, 2.45) is 5.11 Å². The van der Waals surface area contributed by atoms with Crippen molar-refractivity contribution < 1.29 is 4.79 Å². The molecule has 0 amide bonds. The average molecular weight is 165 g/mol. The second-order valence-electron chi connectivity index (χ2n) is 2.77. The van der Waals surface area contributed by atoms with E-state index >= 15 is 0 Å². The van der Waals surface area contributed by atoms with Crippen LogP contribution in [0.3, 0.4) is 0 Å². The van der Waals surface area contributed by atoms with E-state index in [4.69, 9.17) is 5.53 Å². The zero-order valence-corrected chi connectivity index (χ0v) is 6.81. The van der Waals surface area contributed by atoms with Crippen LogP contribution >= 0.6 is 0 Å². The first-order valence-electron chi connectivity index (χ1n) is 4.06.